The Labute approximate surface area is 115 Å². The van der Waals surface area contributed by atoms with Crippen molar-refractivity contribution in [3.05, 3.63) is 51.2 Å². The maximum absolute atomic E-state index is 11.0. The molecule has 2 rings (SSSR count). The standard InChI is InChI=1S/C13H12N4O3/c1-8-9(2)20-13(16-8)7-15-11-4-3-10(6-14)5-12(11)17(18)19/h3-5,15H,7H2,1-2H3. The second-order valence-electron chi connectivity index (χ2n) is 4.20. The minimum atomic E-state index is -0.533. The Kier molecular flexibility index (Phi) is 3.66. The van der Waals surface area contributed by atoms with Crippen LogP contribution in [0, 0.1) is 35.3 Å². The molecule has 0 radical (unpaired) electrons. The fraction of sp³-hybridized carbons (Fsp3) is 0.231. The third kappa shape index (κ3) is 2.75. The number of nitrogens with one attached hydrogen (secondary N) is 1. The Hall–Kier alpha value is -2.88. The average Bonchev–Trinajstić information content (AvgIpc) is 2.75. The number of aryl methyl sites for hydroxylation is 2. The Morgan fingerprint density at radius 2 is 2.25 bits per heavy atom. The van der Waals surface area contributed by atoms with E-state index in [1.807, 2.05) is 13.0 Å². The molecule has 7 nitrogen and oxygen atoms in total. The summed E-state index contributed by atoms with van der Waals surface area (Å²) in [4.78, 5) is 14.6. The molecule has 0 spiro atoms. The fourth-order valence-electron chi connectivity index (χ4n) is 1.69. The zero-order valence-electron chi connectivity index (χ0n) is 11.0. The van der Waals surface area contributed by atoms with Gasteiger partial charge in [-0.25, -0.2) is 4.98 Å². The van der Waals surface area contributed by atoms with Crippen molar-refractivity contribution < 1.29 is 9.34 Å². The van der Waals surface area contributed by atoms with Gasteiger partial charge in [-0.15, -0.1) is 0 Å². The second kappa shape index (κ2) is 5.40. The Morgan fingerprint density at radius 1 is 1.50 bits per heavy atom. The van der Waals surface area contributed by atoms with Crippen molar-refractivity contribution in [2.75, 3.05) is 5.32 Å². The third-order valence-corrected chi connectivity index (χ3v) is 2.83. The van der Waals surface area contributed by atoms with Gasteiger partial charge in [0.05, 0.1) is 28.8 Å². The Balaban J connectivity index is 2.21. The van der Waals surface area contributed by atoms with Crippen molar-refractivity contribution >= 4 is 11.4 Å². The summed E-state index contributed by atoms with van der Waals surface area (Å²) in [7, 11) is 0. The van der Waals surface area contributed by atoms with Crippen molar-refractivity contribution in [1.29, 1.82) is 5.26 Å². The quantitative estimate of drug-likeness (QED) is 0.677. The van der Waals surface area contributed by atoms with E-state index in [4.69, 9.17) is 9.68 Å². The highest BCUT2D eigenvalue weighted by atomic mass is 16.6. The molecule has 102 valence electrons. The van der Waals surface area contributed by atoms with Crippen LogP contribution < -0.4 is 5.32 Å². The number of nitro groups is 1. The zero-order chi connectivity index (χ0) is 14.7. The number of rotatable bonds is 4. The van der Waals surface area contributed by atoms with Gasteiger partial charge in [0.15, 0.2) is 0 Å². The van der Waals surface area contributed by atoms with Crippen molar-refractivity contribution in [2.24, 2.45) is 0 Å². The van der Waals surface area contributed by atoms with Crippen LogP contribution in [0.1, 0.15) is 22.9 Å². The molecular weight excluding hydrogens is 260 g/mol. The van der Waals surface area contributed by atoms with Crippen molar-refractivity contribution in [3.8, 4) is 6.07 Å². The molecule has 1 aromatic carbocycles. The van der Waals surface area contributed by atoms with Crippen LogP contribution in [0.15, 0.2) is 22.6 Å². The van der Waals surface area contributed by atoms with E-state index in [1.165, 1.54) is 18.2 Å². The minimum Gasteiger partial charge on any atom is -0.444 e. The topological polar surface area (TPSA) is 105 Å². The molecule has 1 aromatic heterocycles. The Morgan fingerprint density at radius 3 is 2.80 bits per heavy atom. The van der Waals surface area contributed by atoms with Gasteiger partial charge in [-0.1, -0.05) is 0 Å². The summed E-state index contributed by atoms with van der Waals surface area (Å²) < 4.78 is 5.39. The molecule has 0 saturated carbocycles. The van der Waals surface area contributed by atoms with Crippen LogP contribution in [0.5, 0.6) is 0 Å². The molecule has 0 saturated heterocycles. The normalized spacial score (nSPS) is 10.1. The van der Waals surface area contributed by atoms with Crippen LogP contribution in [0.25, 0.3) is 0 Å². The first-order valence-corrected chi connectivity index (χ1v) is 5.86. The summed E-state index contributed by atoms with van der Waals surface area (Å²) in [6, 6.07) is 6.12. The molecule has 0 unspecified atom stereocenters. The number of nitrogens with zero attached hydrogens (tertiary/aromatic N) is 3. The first-order valence-electron chi connectivity index (χ1n) is 5.86. The van der Waals surface area contributed by atoms with Crippen LogP contribution in [-0.2, 0) is 6.54 Å². The smallest absolute Gasteiger partial charge is 0.293 e. The van der Waals surface area contributed by atoms with Crippen molar-refractivity contribution in [2.45, 2.75) is 20.4 Å². The van der Waals surface area contributed by atoms with Gasteiger partial charge < -0.3 is 9.73 Å². The van der Waals surface area contributed by atoms with E-state index in [-0.39, 0.29) is 17.8 Å². The summed E-state index contributed by atoms with van der Waals surface area (Å²) in [5.74, 6) is 1.18. The number of anilines is 1. The first kappa shape index (κ1) is 13.5. The van der Waals surface area contributed by atoms with Gasteiger partial charge in [-0.2, -0.15) is 5.26 Å². The zero-order valence-corrected chi connectivity index (χ0v) is 11.0. The minimum absolute atomic E-state index is 0.149. The molecule has 0 atom stereocenters. The molecule has 20 heavy (non-hydrogen) atoms. The van der Waals surface area contributed by atoms with Crippen LogP contribution >= 0.6 is 0 Å². The lowest BCUT2D eigenvalue weighted by Gasteiger charge is -2.05. The van der Waals surface area contributed by atoms with Crippen LogP contribution in [0.3, 0.4) is 0 Å². The highest BCUT2D eigenvalue weighted by molar-refractivity contribution is 5.63. The highest BCUT2D eigenvalue weighted by Gasteiger charge is 2.15. The van der Waals surface area contributed by atoms with Crippen molar-refractivity contribution in [1.82, 2.24) is 4.98 Å². The van der Waals surface area contributed by atoms with Gasteiger partial charge in [0.1, 0.15) is 11.4 Å². The lowest BCUT2D eigenvalue weighted by molar-refractivity contribution is -0.384. The maximum atomic E-state index is 11.0. The maximum Gasteiger partial charge on any atom is 0.293 e. The molecule has 0 aliphatic carbocycles. The number of aromatic nitrogens is 1. The second-order valence-corrected chi connectivity index (χ2v) is 4.20. The molecule has 0 fully saturated rings. The summed E-state index contributed by atoms with van der Waals surface area (Å²) in [5, 5.41) is 22.6. The van der Waals surface area contributed by atoms with E-state index in [2.05, 4.69) is 10.3 Å². The number of hydrogen-bond donors (Lipinski definition) is 1. The lowest BCUT2D eigenvalue weighted by atomic mass is 10.2. The van der Waals surface area contributed by atoms with E-state index in [1.54, 1.807) is 6.92 Å². The number of hydrogen-bond acceptors (Lipinski definition) is 6. The summed E-state index contributed by atoms with van der Waals surface area (Å²) in [6.45, 7) is 3.86. The molecule has 0 bridgehead atoms. The number of nitro benzene ring substituents is 1. The van der Waals surface area contributed by atoms with Crippen LogP contribution in [0.4, 0.5) is 11.4 Å². The molecular formula is C13H12N4O3. The molecule has 7 heteroatoms. The lowest BCUT2D eigenvalue weighted by Crippen LogP contribution is -2.03. The van der Waals surface area contributed by atoms with Gasteiger partial charge in [-0.05, 0) is 26.0 Å². The van der Waals surface area contributed by atoms with Crippen LogP contribution in [-0.4, -0.2) is 9.91 Å². The number of benzene rings is 1. The molecule has 2 aromatic rings. The molecule has 0 aliphatic heterocycles. The third-order valence-electron chi connectivity index (χ3n) is 2.83. The number of nitriles is 1. The predicted molar refractivity (Wildman–Crippen MR) is 71.1 cm³/mol. The fourth-order valence-corrected chi connectivity index (χ4v) is 1.69. The van der Waals surface area contributed by atoms with Gasteiger partial charge >= 0.3 is 0 Å². The van der Waals surface area contributed by atoms with E-state index in [0.717, 1.165) is 11.5 Å². The molecule has 1 heterocycles. The SMILES string of the molecule is Cc1nc(CNc2ccc(C#N)cc2[N+](=O)[O-])oc1C. The summed E-state index contributed by atoms with van der Waals surface area (Å²) in [6.07, 6.45) is 0. The monoisotopic (exact) mass is 272 g/mol. The van der Waals surface area contributed by atoms with Crippen LogP contribution in [0.2, 0.25) is 0 Å². The van der Waals surface area contributed by atoms with E-state index in [9.17, 15) is 10.1 Å². The van der Waals surface area contributed by atoms with Gasteiger partial charge in [0, 0.05) is 6.07 Å². The molecule has 0 aliphatic rings. The first-order chi connectivity index (χ1) is 9.51. The molecule has 0 amide bonds. The van der Waals surface area contributed by atoms with E-state index >= 15 is 0 Å². The largest absolute Gasteiger partial charge is 0.444 e. The van der Waals surface area contributed by atoms with E-state index in [0.29, 0.717) is 11.6 Å². The Bertz CT molecular complexity index is 681. The summed E-state index contributed by atoms with van der Waals surface area (Å²) >= 11 is 0. The van der Waals surface area contributed by atoms with E-state index < -0.39 is 4.92 Å². The summed E-state index contributed by atoms with van der Waals surface area (Å²) in [5.41, 5.74) is 1.20. The highest BCUT2D eigenvalue weighted by Crippen LogP contribution is 2.25. The van der Waals surface area contributed by atoms with Gasteiger partial charge in [0.25, 0.3) is 5.69 Å². The predicted octanol–water partition coefficient (Wildman–Crippen LogP) is 2.68. The van der Waals surface area contributed by atoms with Crippen molar-refractivity contribution in [3.63, 3.8) is 0 Å². The van der Waals surface area contributed by atoms with Gasteiger partial charge in [0.2, 0.25) is 5.89 Å². The van der Waals surface area contributed by atoms with Gasteiger partial charge in [-0.3, -0.25) is 10.1 Å². The number of oxazole rings is 1. The average molecular weight is 272 g/mol. The molecule has 1 N–H and O–H groups in total.